The molecule has 0 bridgehead atoms. The van der Waals surface area contributed by atoms with Crippen molar-refractivity contribution in [3.05, 3.63) is 0 Å². The van der Waals surface area contributed by atoms with Crippen LogP contribution in [0.25, 0.3) is 0 Å². The second-order valence-electron chi connectivity index (χ2n) is 0. The van der Waals surface area contributed by atoms with Gasteiger partial charge in [-0.3, -0.25) is 0 Å². The van der Waals surface area contributed by atoms with E-state index in [1.54, 1.807) is 0 Å². The number of rotatable bonds is 0. The summed E-state index contributed by atoms with van der Waals surface area (Å²) < 4.78 is 8.39. The third kappa shape index (κ3) is 18.0. The molecule has 0 amide bonds. The fraction of sp³-hybridized carbons (Fsp3) is 0. The van der Waals surface area contributed by atoms with Crippen LogP contribution >= 0.6 is 0 Å². The van der Waals surface area contributed by atoms with Crippen molar-refractivity contribution in [1.29, 1.82) is 0 Å². The van der Waals surface area contributed by atoms with Gasteiger partial charge in [-0.25, -0.2) is 0 Å². The summed E-state index contributed by atoms with van der Waals surface area (Å²) in [6.45, 7) is 0. The van der Waals surface area contributed by atoms with Crippen LogP contribution in [0.5, 0.6) is 0 Å². The molecular weight excluding hydrogens is 416 g/mol. The monoisotopic (exact) mass is 421 g/mol. The topological polar surface area (TPSA) is 17.1 Å². The minimum absolute atomic E-state index is 0. The van der Waals surface area contributed by atoms with E-state index in [0.29, 0.717) is 0 Å². The number of hydrogen-bond acceptors (Lipinski definition) is 1. The van der Waals surface area contributed by atoms with Crippen molar-refractivity contribution in [2.24, 2.45) is 0 Å². The average Bonchev–Trinajstić information content (AvgIpc) is 1.00. The molecule has 0 aromatic heterocycles. The standard InChI is InChI=1S/Bi.Ca.Cu.O.Sr.5H. The van der Waals surface area contributed by atoms with Crippen LogP contribution in [0.15, 0.2) is 0 Å². The van der Waals surface area contributed by atoms with Crippen LogP contribution in [-0.2, 0) is 19.9 Å². The molecule has 0 spiro atoms. The molecule has 1 nitrogen and oxygen atoms in total. The van der Waals surface area contributed by atoms with Crippen molar-refractivity contribution in [3.8, 4) is 0 Å². The van der Waals surface area contributed by atoms with Crippen LogP contribution in [-0.4, -0.2) is 108 Å². The molecule has 0 atom stereocenters. The van der Waals surface area contributed by atoms with E-state index in [-0.39, 0.29) is 125 Å². The Balaban J connectivity index is -0.00000000167. The Kier molecular flexibility index (Phi) is 114. The quantitative estimate of drug-likeness (QED) is 0.393. The molecular formula is H5BiCaCuOSr. The fourth-order valence-corrected chi connectivity index (χ4v) is 0. The molecule has 0 heterocycles. The van der Waals surface area contributed by atoms with Gasteiger partial charge in [0.15, 0.2) is 0 Å². The summed E-state index contributed by atoms with van der Waals surface area (Å²) in [5, 5.41) is 0. The summed E-state index contributed by atoms with van der Waals surface area (Å²) in [6, 6.07) is 0. The average molecular weight is 421 g/mol. The van der Waals surface area contributed by atoms with Crippen LogP contribution in [0.2, 0.25) is 0 Å². The zero-order valence-corrected chi connectivity index (χ0v) is 6.04. The van der Waals surface area contributed by atoms with E-state index < -0.39 is 0 Å². The van der Waals surface area contributed by atoms with E-state index in [4.69, 9.17) is 2.81 Å². The summed E-state index contributed by atoms with van der Waals surface area (Å²) in [6.07, 6.45) is 0. The second kappa shape index (κ2) is 24.6. The fourth-order valence-electron chi connectivity index (χ4n) is 0. The predicted molar refractivity (Wildman–Crippen MR) is 24.9 cm³/mol. The minimum atomic E-state index is 0. The van der Waals surface area contributed by atoms with Crippen LogP contribution in [0, 0.1) is 0 Å². The van der Waals surface area contributed by atoms with Gasteiger partial charge in [-0.1, -0.05) is 0 Å². The summed E-state index contributed by atoms with van der Waals surface area (Å²) >= 11 is 0.0556. The third-order valence-electron chi connectivity index (χ3n) is 0. The molecule has 0 N–H and O–H groups in total. The molecule has 31 valence electrons. The summed E-state index contributed by atoms with van der Waals surface area (Å²) in [5.74, 6) is 0. The van der Waals surface area contributed by atoms with E-state index in [1.165, 1.54) is 0 Å². The molecule has 0 unspecified atom stereocenters. The van der Waals surface area contributed by atoms with Crippen LogP contribution in [0.1, 0.15) is 0 Å². The van der Waals surface area contributed by atoms with E-state index in [0.717, 1.165) is 0 Å². The van der Waals surface area contributed by atoms with Gasteiger partial charge in [0.2, 0.25) is 0 Å². The molecule has 0 saturated heterocycles. The summed E-state index contributed by atoms with van der Waals surface area (Å²) in [7, 11) is 0. The van der Waals surface area contributed by atoms with Crippen LogP contribution in [0.3, 0.4) is 0 Å². The van der Waals surface area contributed by atoms with Crippen molar-refractivity contribution in [3.63, 3.8) is 0 Å². The van der Waals surface area contributed by atoms with Gasteiger partial charge in [-0.05, 0) is 0 Å². The van der Waals surface area contributed by atoms with Crippen LogP contribution < -0.4 is 0 Å². The van der Waals surface area contributed by atoms with E-state index in [2.05, 4.69) is 0 Å². The Morgan fingerprint density at radius 2 is 1.20 bits per heavy atom. The molecule has 0 aliphatic heterocycles. The van der Waals surface area contributed by atoms with Gasteiger partial charge in [0.1, 0.15) is 0 Å². The SMILES string of the molecule is [CaH2].[Cu].[O]=[BiH].[SrH2]. The van der Waals surface area contributed by atoms with Gasteiger partial charge in [0.25, 0.3) is 0 Å². The van der Waals surface area contributed by atoms with Crippen molar-refractivity contribution in [1.82, 2.24) is 0 Å². The van der Waals surface area contributed by atoms with Crippen molar-refractivity contribution in [2.45, 2.75) is 0 Å². The molecule has 1 radical (unpaired) electrons. The Bertz CT molecular complexity index is 11.6. The first-order valence-electron chi connectivity index (χ1n) is 0.204. The van der Waals surface area contributed by atoms with Gasteiger partial charge in [0, 0.05) is 17.1 Å². The zero-order valence-electron chi connectivity index (χ0n) is 1.21. The first kappa shape index (κ1) is 23.1. The van der Waals surface area contributed by atoms with Gasteiger partial charge >= 0.3 is 111 Å². The summed E-state index contributed by atoms with van der Waals surface area (Å²) in [5.41, 5.74) is 0. The maximum atomic E-state index is 8.39. The van der Waals surface area contributed by atoms with Crippen molar-refractivity contribution >= 4 is 108 Å². The van der Waals surface area contributed by atoms with Gasteiger partial charge in [-0.2, -0.15) is 0 Å². The molecule has 5 heavy (non-hydrogen) atoms. The van der Waals surface area contributed by atoms with Crippen molar-refractivity contribution < 1.29 is 19.9 Å². The van der Waals surface area contributed by atoms with E-state index in [9.17, 15) is 0 Å². The molecule has 0 fully saturated rings. The van der Waals surface area contributed by atoms with Gasteiger partial charge in [0.05, 0.1) is 0 Å². The third-order valence-corrected chi connectivity index (χ3v) is 0. The predicted octanol–water partition coefficient (Wildman–Crippen LogP) is -2.60. The van der Waals surface area contributed by atoms with E-state index in [1.807, 2.05) is 0 Å². The van der Waals surface area contributed by atoms with E-state index >= 15 is 0 Å². The number of hydrogen-bond donors (Lipinski definition) is 0. The van der Waals surface area contributed by atoms with Gasteiger partial charge in [-0.15, -0.1) is 0 Å². The second-order valence-corrected chi connectivity index (χ2v) is 0. The Labute approximate surface area is 124 Å². The van der Waals surface area contributed by atoms with Gasteiger partial charge < -0.3 is 0 Å². The van der Waals surface area contributed by atoms with Crippen molar-refractivity contribution in [2.75, 3.05) is 0 Å². The van der Waals surface area contributed by atoms with Crippen LogP contribution in [0.4, 0.5) is 0 Å². The maximum absolute atomic E-state index is 8.39. The molecule has 0 aromatic rings. The molecule has 0 saturated carbocycles. The Morgan fingerprint density at radius 3 is 1.20 bits per heavy atom. The molecule has 0 aromatic carbocycles. The Hall–Kier alpha value is 3.94. The summed E-state index contributed by atoms with van der Waals surface area (Å²) in [4.78, 5) is 0. The first-order chi connectivity index (χ1) is 1.00. The first-order valence-corrected chi connectivity index (χ1v) is 1.79. The zero-order chi connectivity index (χ0) is 2.00. The normalized spacial score (nSPS) is 0.800. The molecule has 5 heteroatoms. The molecule has 0 rings (SSSR count). The Morgan fingerprint density at radius 1 is 1.20 bits per heavy atom. The molecule has 0 aliphatic rings. The molecule has 0 aliphatic carbocycles.